The summed E-state index contributed by atoms with van der Waals surface area (Å²) >= 11 is 0. The lowest BCUT2D eigenvalue weighted by atomic mass is 10.1. The molecule has 0 spiro atoms. The smallest absolute Gasteiger partial charge is 0.224 e. The second-order valence-corrected chi connectivity index (χ2v) is 3.19. The number of hydrogen-bond acceptors (Lipinski definition) is 2. The quantitative estimate of drug-likeness (QED) is 0.703. The van der Waals surface area contributed by atoms with E-state index in [1.807, 2.05) is 18.2 Å². The van der Waals surface area contributed by atoms with Crippen LogP contribution in [0, 0.1) is 0 Å². The lowest BCUT2D eigenvalue weighted by molar-refractivity contribution is -0.120. The zero-order chi connectivity index (χ0) is 9.80. The van der Waals surface area contributed by atoms with Gasteiger partial charge in [0, 0.05) is 6.54 Å². The van der Waals surface area contributed by atoms with Crippen molar-refractivity contribution in [3.05, 3.63) is 42.0 Å². The zero-order valence-corrected chi connectivity index (χ0v) is 7.81. The van der Waals surface area contributed by atoms with Crippen molar-refractivity contribution >= 4 is 12.0 Å². The first kappa shape index (κ1) is 8.97. The molecule has 0 aliphatic carbocycles. The van der Waals surface area contributed by atoms with Gasteiger partial charge in [0.2, 0.25) is 6.41 Å². The van der Waals surface area contributed by atoms with Crippen LogP contribution in [0.5, 0.6) is 0 Å². The van der Waals surface area contributed by atoms with Gasteiger partial charge in [0.15, 0.2) is 0 Å². The van der Waals surface area contributed by atoms with Crippen molar-refractivity contribution in [2.75, 3.05) is 13.1 Å². The monoisotopic (exact) mass is 188 g/mol. The molecule has 3 heteroatoms. The minimum absolute atomic E-state index is 0.633. The first-order valence-electron chi connectivity index (χ1n) is 4.60. The van der Waals surface area contributed by atoms with Gasteiger partial charge in [-0.1, -0.05) is 36.4 Å². The first-order chi connectivity index (χ1) is 6.90. The van der Waals surface area contributed by atoms with Gasteiger partial charge in [0.05, 0.1) is 6.54 Å². The van der Waals surface area contributed by atoms with Crippen LogP contribution in [0.1, 0.15) is 5.56 Å². The molecule has 1 aromatic carbocycles. The van der Waals surface area contributed by atoms with Crippen molar-refractivity contribution in [1.82, 2.24) is 10.4 Å². The predicted octanol–water partition coefficient (Wildman–Crippen LogP) is 1.05. The maximum absolute atomic E-state index is 10.4. The third kappa shape index (κ3) is 1.83. The lowest BCUT2D eigenvalue weighted by Crippen LogP contribution is -2.41. The van der Waals surface area contributed by atoms with Gasteiger partial charge < -0.3 is 0 Å². The molecule has 1 aromatic rings. The van der Waals surface area contributed by atoms with E-state index in [1.165, 1.54) is 16.1 Å². The number of nitrogens with one attached hydrogen (secondary N) is 1. The Labute approximate surface area is 83.0 Å². The highest BCUT2D eigenvalue weighted by Gasteiger charge is 2.09. The lowest BCUT2D eigenvalue weighted by Gasteiger charge is -2.23. The average molecular weight is 188 g/mol. The summed E-state index contributed by atoms with van der Waals surface area (Å²) in [5.74, 6) is 0. The maximum atomic E-state index is 10.4. The molecule has 1 aliphatic heterocycles. The number of amides is 1. The zero-order valence-electron chi connectivity index (χ0n) is 7.81. The molecular formula is C11H12N2O. The van der Waals surface area contributed by atoms with E-state index in [1.54, 1.807) is 0 Å². The van der Waals surface area contributed by atoms with Crippen molar-refractivity contribution in [2.24, 2.45) is 0 Å². The molecule has 0 saturated heterocycles. The number of hydrogen-bond donors (Lipinski definition) is 1. The van der Waals surface area contributed by atoms with Gasteiger partial charge in [0.1, 0.15) is 0 Å². The molecular weight excluding hydrogens is 176 g/mol. The SMILES string of the molecule is O=CN1CC=C(c2ccccc2)CN1. The molecule has 0 fully saturated rings. The summed E-state index contributed by atoms with van der Waals surface area (Å²) < 4.78 is 0. The summed E-state index contributed by atoms with van der Waals surface area (Å²) in [6, 6.07) is 10.2. The fourth-order valence-corrected chi connectivity index (χ4v) is 1.48. The molecule has 1 amide bonds. The molecule has 0 bridgehead atoms. The number of hydrazine groups is 1. The van der Waals surface area contributed by atoms with E-state index in [4.69, 9.17) is 0 Å². The molecule has 0 atom stereocenters. The summed E-state index contributed by atoms with van der Waals surface area (Å²) in [6.45, 7) is 1.34. The number of carbonyl (C=O) groups excluding carboxylic acids is 1. The summed E-state index contributed by atoms with van der Waals surface area (Å²) in [5.41, 5.74) is 5.47. The van der Waals surface area contributed by atoms with Gasteiger partial charge >= 0.3 is 0 Å². The molecule has 0 saturated carbocycles. The Morgan fingerprint density at radius 3 is 2.64 bits per heavy atom. The molecule has 2 rings (SSSR count). The highest BCUT2D eigenvalue weighted by molar-refractivity contribution is 5.68. The normalized spacial score (nSPS) is 16.3. The standard InChI is InChI=1S/C11H12N2O/c14-9-13-7-6-11(8-12-13)10-4-2-1-3-5-10/h1-6,9,12H,7-8H2. The van der Waals surface area contributed by atoms with Crippen LogP contribution in [-0.2, 0) is 4.79 Å². The highest BCUT2D eigenvalue weighted by atomic mass is 16.1. The molecule has 1 heterocycles. The van der Waals surface area contributed by atoms with Crippen molar-refractivity contribution in [3.63, 3.8) is 0 Å². The summed E-state index contributed by atoms with van der Waals surface area (Å²) in [6.07, 6.45) is 2.87. The van der Waals surface area contributed by atoms with Crippen LogP contribution in [-0.4, -0.2) is 24.5 Å². The van der Waals surface area contributed by atoms with E-state index < -0.39 is 0 Å². The van der Waals surface area contributed by atoms with Crippen molar-refractivity contribution in [1.29, 1.82) is 0 Å². The molecule has 1 N–H and O–H groups in total. The van der Waals surface area contributed by atoms with Crippen molar-refractivity contribution < 1.29 is 4.79 Å². The third-order valence-corrected chi connectivity index (χ3v) is 2.28. The van der Waals surface area contributed by atoms with Gasteiger partial charge in [-0.3, -0.25) is 9.80 Å². The second kappa shape index (κ2) is 4.07. The maximum Gasteiger partial charge on any atom is 0.224 e. The number of rotatable bonds is 2. The van der Waals surface area contributed by atoms with Gasteiger partial charge in [-0.15, -0.1) is 0 Å². The van der Waals surface area contributed by atoms with Crippen LogP contribution in [0.3, 0.4) is 0 Å². The van der Waals surface area contributed by atoms with Gasteiger partial charge in [-0.05, 0) is 11.1 Å². The molecule has 72 valence electrons. The van der Waals surface area contributed by atoms with E-state index in [0.717, 1.165) is 6.41 Å². The molecule has 1 aliphatic rings. The van der Waals surface area contributed by atoms with E-state index in [0.29, 0.717) is 13.1 Å². The summed E-state index contributed by atoms with van der Waals surface area (Å²) in [7, 11) is 0. The Kier molecular flexibility index (Phi) is 2.60. The molecule has 0 radical (unpaired) electrons. The largest absolute Gasteiger partial charge is 0.277 e. The number of nitrogens with zero attached hydrogens (tertiary/aromatic N) is 1. The van der Waals surface area contributed by atoms with E-state index in [2.05, 4.69) is 23.6 Å². The Balaban J connectivity index is 2.14. The van der Waals surface area contributed by atoms with Crippen molar-refractivity contribution in [3.8, 4) is 0 Å². The Hall–Kier alpha value is -1.61. The van der Waals surface area contributed by atoms with Gasteiger partial charge in [-0.25, -0.2) is 5.43 Å². The molecule has 14 heavy (non-hydrogen) atoms. The average Bonchev–Trinajstić information content (AvgIpc) is 2.30. The highest BCUT2D eigenvalue weighted by Crippen LogP contribution is 2.14. The fraction of sp³-hybridized carbons (Fsp3) is 0.182. The summed E-state index contributed by atoms with van der Waals surface area (Å²) in [5, 5.41) is 1.53. The van der Waals surface area contributed by atoms with Crippen LogP contribution in [0.2, 0.25) is 0 Å². The minimum Gasteiger partial charge on any atom is -0.277 e. The number of benzene rings is 1. The van der Waals surface area contributed by atoms with E-state index >= 15 is 0 Å². The van der Waals surface area contributed by atoms with Crippen LogP contribution < -0.4 is 5.43 Å². The minimum atomic E-state index is 0.633. The predicted molar refractivity (Wildman–Crippen MR) is 55.2 cm³/mol. The topological polar surface area (TPSA) is 32.3 Å². The number of carbonyl (C=O) groups is 1. The summed E-state index contributed by atoms with van der Waals surface area (Å²) in [4.78, 5) is 10.4. The Bertz CT molecular complexity index is 346. The van der Waals surface area contributed by atoms with Crippen LogP contribution >= 0.6 is 0 Å². The van der Waals surface area contributed by atoms with Crippen LogP contribution in [0.25, 0.3) is 5.57 Å². The van der Waals surface area contributed by atoms with E-state index in [9.17, 15) is 4.79 Å². The van der Waals surface area contributed by atoms with Crippen LogP contribution in [0.4, 0.5) is 0 Å². The van der Waals surface area contributed by atoms with Gasteiger partial charge in [-0.2, -0.15) is 0 Å². The van der Waals surface area contributed by atoms with Crippen molar-refractivity contribution in [2.45, 2.75) is 0 Å². The fourth-order valence-electron chi connectivity index (χ4n) is 1.48. The first-order valence-corrected chi connectivity index (χ1v) is 4.60. The Morgan fingerprint density at radius 1 is 1.29 bits per heavy atom. The van der Waals surface area contributed by atoms with E-state index in [-0.39, 0.29) is 0 Å². The third-order valence-electron chi connectivity index (χ3n) is 2.28. The molecule has 3 nitrogen and oxygen atoms in total. The molecule has 0 unspecified atom stereocenters. The van der Waals surface area contributed by atoms with Crippen LogP contribution in [0.15, 0.2) is 36.4 Å². The second-order valence-electron chi connectivity index (χ2n) is 3.19. The Morgan fingerprint density at radius 2 is 2.07 bits per heavy atom. The van der Waals surface area contributed by atoms with Gasteiger partial charge in [0.25, 0.3) is 0 Å². The molecule has 0 aromatic heterocycles.